The minimum atomic E-state index is -0.602. The quantitative estimate of drug-likeness (QED) is 0.829. The molecule has 148 valence electrons. The molecule has 0 amide bonds. The van der Waals surface area contributed by atoms with Crippen molar-refractivity contribution < 1.29 is 19.0 Å². The second-order valence-corrected chi connectivity index (χ2v) is 7.95. The van der Waals surface area contributed by atoms with Gasteiger partial charge < -0.3 is 19.9 Å². The summed E-state index contributed by atoms with van der Waals surface area (Å²) in [5, 5.41) is 9.77. The number of methoxy groups -OCH3 is 1. The Morgan fingerprint density at radius 1 is 1.36 bits per heavy atom. The van der Waals surface area contributed by atoms with E-state index in [0.717, 1.165) is 12.0 Å². The molecule has 0 saturated carbocycles. The van der Waals surface area contributed by atoms with Crippen molar-refractivity contribution in [3.63, 3.8) is 0 Å². The number of allylic oxidation sites excluding steroid dienone is 3. The second kappa shape index (κ2) is 7.59. The van der Waals surface area contributed by atoms with Gasteiger partial charge in [-0.25, -0.2) is 0 Å². The molecule has 2 N–H and O–H groups in total. The Kier molecular flexibility index (Phi) is 5.37. The average Bonchev–Trinajstić information content (AvgIpc) is 2.64. The Morgan fingerprint density at radius 2 is 2.11 bits per heavy atom. The third-order valence-electron chi connectivity index (χ3n) is 5.07. The van der Waals surface area contributed by atoms with Crippen LogP contribution in [0, 0.1) is 16.7 Å². The summed E-state index contributed by atoms with van der Waals surface area (Å²) in [6.45, 7) is 6.57. The fourth-order valence-electron chi connectivity index (χ4n) is 3.81. The summed E-state index contributed by atoms with van der Waals surface area (Å²) in [6, 6.07) is 7.56. The highest BCUT2D eigenvalue weighted by atomic mass is 16.5. The van der Waals surface area contributed by atoms with E-state index in [9.17, 15) is 10.1 Å². The van der Waals surface area contributed by atoms with Gasteiger partial charge in [0.25, 0.3) is 0 Å². The number of Topliss-reactive ketones (excluding diaryl/α,β-unsaturated/α-hetero) is 1. The molecule has 0 spiro atoms. The highest BCUT2D eigenvalue weighted by Crippen LogP contribution is 2.49. The molecule has 6 nitrogen and oxygen atoms in total. The van der Waals surface area contributed by atoms with Crippen molar-refractivity contribution in [2.24, 2.45) is 11.1 Å². The van der Waals surface area contributed by atoms with Gasteiger partial charge in [0.15, 0.2) is 5.78 Å². The molecule has 0 saturated heterocycles. The third kappa shape index (κ3) is 3.57. The number of ether oxygens (including phenoxy) is 3. The molecule has 1 aromatic rings. The fraction of sp³-hybridized carbons (Fsp3) is 0.455. The third-order valence-corrected chi connectivity index (χ3v) is 5.07. The topological polar surface area (TPSA) is 94.6 Å². The zero-order chi connectivity index (χ0) is 20.5. The molecule has 0 bridgehead atoms. The van der Waals surface area contributed by atoms with E-state index in [1.807, 2.05) is 26.8 Å². The zero-order valence-corrected chi connectivity index (χ0v) is 16.8. The Labute approximate surface area is 165 Å². The van der Waals surface area contributed by atoms with Gasteiger partial charge in [0.1, 0.15) is 28.9 Å². The highest BCUT2D eigenvalue weighted by Gasteiger charge is 2.43. The maximum absolute atomic E-state index is 13.1. The monoisotopic (exact) mass is 382 g/mol. The predicted molar refractivity (Wildman–Crippen MR) is 104 cm³/mol. The smallest absolute Gasteiger partial charge is 0.205 e. The SMILES string of the molecule is CCCOc1cc(OC)ccc1[C@@H]1C(C#N)=C(N)OC2=C1C(=O)CC(C)(C)C2. The van der Waals surface area contributed by atoms with Crippen molar-refractivity contribution in [3.8, 4) is 17.6 Å². The van der Waals surface area contributed by atoms with E-state index in [-0.39, 0.29) is 22.7 Å². The number of benzene rings is 1. The van der Waals surface area contributed by atoms with Gasteiger partial charge in [0.05, 0.1) is 19.6 Å². The number of rotatable bonds is 5. The first-order valence-electron chi connectivity index (χ1n) is 9.46. The number of nitrogens with two attached hydrogens (primary N) is 1. The Hall–Kier alpha value is -2.94. The van der Waals surface area contributed by atoms with Gasteiger partial charge in [0.2, 0.25) is 5.88 Å². The number of carbonyl (C=O) groups is 1. The molecule has 3 rings (SSSR count). The van der Waals surface area contributed by atoms with Crippen LogP contribution in [0.25, 0.3) is 0 Å². The van der Waals surface area contributed by atoms with Crippen molar-refractivity contribution in [3.05, 3.63) is 46.6 Å². The predicted octanol–water partition coefficient (Wildman–Crippen LogP) is 3.93. The van der Waals surface area contributed by atoms with E-state index < -0.39 is 5.92 Å². The van der Waals surface area contributed by atoms with Crippen LogP contribution in [0.1, 0.15) is 51.5 Å². The maximum atomic E-state index is 13.1. The van der Waals surface area contributed by atoms with Crippen molar-refractivity contribution in [2.75, 3.05) is 13.7 Å². The summed E-state index contributed by atoms with van der Waals surface area (Å²) in [5.74, 6) is 1.21. The normalized spacial score (nSPS) is 21.0. The Morgan fingerprint density at radius 3 is 2.75 bits per heavy atom. The minimum Gasteiger partial charge on any atom is -0.497 e. The lowest BCUT2D eigenvalue weighted by molar-refractivity contribution is -0.119. The summed E-state index contributed by atoms with van der Waals surface area (Å²) in [5.41, 5.74) is 7.34. The average molecular weight is 382 g/mol. The van der Waals surface area contributed by atoms with E-state index in [2.05, 4.69) is 6.07 Å². The van der Waals surface area contributed by atoms with Gasteiger partial charge in [0, 0.05) is 30.0 Å². The number of hydrogen-bond acceptors (Lipinski definition) is 6. The maximum Gasteiger partial charge on any atom is 0.205 e. The number of nitrogens with zero attached hydrogens (tertiary/aromatic N) is 1. The lowest BCUT2D eigenvalue weighted by atomic mass is 9.70. The molecule has 1 heterocycles. The number of carbonyl (C=O) groups excluding carboxylic acids is 1. The standard InChI is InChI=1S/C22H26N2O4/c1-5-8-27-17-9-13(26-4)6-7-14(17)19-15(12-23)21(24)28-18-11-22(2,3)10-16(25)20(18)19/h6-7,9,19H,5,8,10-11,24H2,1-4H3/t19-/m1/s1. The zero-order valence-electron chi connectivity index (χ0n) is 16.8. The molecule has 0 fully saturated rings. The van der Waals surface area contributed by atoms with Gasteiger partial charge in [-0.15, -0.1) is 0 Å². The van der Waals surface area contributed by atoms with Gasteiger partial charge in [-0.1, -0.05) is 26.8 Å². The van der Waals surface area contributed by atoms with Crippen molar-refractivity contribution in [2.45, 2.75) is 46.0 Å². The van der Waals surface area contributed by atoms with Crippen molar-refractivity contribution in [1.29, 1.82) is 5.26 Å². The minimum absolute atomic E-state index is 0.0197. The van der Waals surface area contributed by atoms with Crippen LogP contribution in [-0.4, -0.2) is 19.5 Å². The molecule has 1 atom stereocenters. The molecule has 1 aliphatic carbocycles. The van der Waals surface area contributed by atoms with Crippen LogP contribution < -0.4 is 15.2 Å². The van der Waals surface area contributed by atoms with Crippen LogP contribution in [0.15, 0.2) is 41.0 Å². The van der Waals surface area contributed by atoms with Gasteiger partial charge in [-0.05, 0) is 17.9 Å². The fourth-order valence-corrected chi connectivity index (χ4v) is 3.81. The van der Waals surface area contributed by atoms with E-state index in [1.54, 1.807) is 19.2 Å². The summed E-state index contributed by atoms with van der Waals surface area (Å²) < 4.78 is 17.0. The van der Waals surface area contributed by atoms with Crippen LogP contribution in [0.4, 0.5) is 0 Å². The lowest BCUT2D eigenvalue weighted by Gasteiger charge is -2.37. The summed E-state index contributed by atoms with van der Waals surface area (Å²) in [7, 11) is 1.58. The van der Waals surface area contributed by atoms with Gasteiger partial charge in [-0.3, -0.25) is 4.79 Å². The summed E-state index contributed by atoms with van der Waals surface area (Å²) in [4.78, 5) is 13.1. The molecule has 1 aliphatic heterocycles. The number of ketones is 1. The largest absolute Gasteiger partial charge is 0.497 e. The number of nitriles is 1. The highest BCUT2D eigenvalue weighted by molar-refractivity contribution is 6.00. The summed E-state index contributed by atoms with van der Waals surface area (Å²) in [6.07, 6.45) is 1.81. The first-order valence-corrected chi connectivity index (χ1v) is 9.46. The van der Waals surface area contributed by atoms with E-state index in [1.165, 1.54) is 0 Å². The summed E-state index contributed by atoms with van der Waals surface area (Å²) >= 11 is 0. The Bertz CT molecular complexity index is 906. The van der Waals surface area contributed by atoms with Gasteiger partial charge >= 0.3 is 0 Å². The molecule has 0 unspecified atom stereocenters. The molecule has 0 aromatic heterocycles. The molecule has 28 heavy (non-hydrogen) atoms. The van der Waals surface area contributed by atoms with Crippen molar-refractivity contribution >= 4 is 5.78 Å². The molecular weight excluding hydrogens is 356 g/mol. The van der Waals surface area contributed by atoms with E-state index in [0.29, 0.717) is 42.3 Å². The molecule has 6 heteroatoms. The van der Waals surface area contributed by atoms with E-state index >= 15 is 0 Å². The molecule has 0 radical (unpaired) electrons. The lowest BCUT2D eigenvalue weighted by Crippen LogP contribution is -2.33. The van der Waals surface area contributed by atoms with Crippen LogP contribution in [-0.2, 0) is 9.53 Å². The van der Waals surface area contributed by atoms with Crippen LogP contribution in [0.3, 0.4) is 0 Å². The van der Waals surface area contributed by atoms with Gasteiger partial charge in [-0.2, -0.15) is 5.26 Å². The second-order valence-electron chi connectivity index (χ2n) is 7.95. The van der Waals surface area contributed by atoms with Crippen molar-refractivity contribution in [1.82, 2.24) is 0 Å². The number of hydrogen-bond donors (Lipinski definition) is 1. The molecular formula is C22H26N2O4. The first-order chi connectivity index (χ1) is 13.3. The Balaban J connectivity index is 2.19. The van der Waals surface area contributed by atoms with E-state index in [4.69, 9.17) is 19.9 Å². The first kappa shape index (κ1) is 19.8. The van der Waals surface area contributed by atoms with Crippen LogP contribution in [0.5, 0.6) is 11.5 Å². The van der Waals surface area contributed by atoms with Crippen LogP contribution in [0.2, 0.25) is 0 Å². The molecule has 1 aromatic carbocycles. The van der Waals surface area contributed by atoms with Crippen LogP contribution >= 0.6 is 0 Å². The molecule has 2 aliphatic rings.